The molecule has 11 heavy (non-hydrogen) atoms. The normalized spacial score (nSPS) is 12.0. The van der Waals surface area contributed by atoms with Crippen molar-refractivity contribution in [1.82, 2.24) is 5.32 Å². The highest BCUT2D eigenvalue weighted by atomic mass is 14.8. The van der Waals surface area contributed by atoms with Gasteiger partial charge in [0.15, 0.2) is 0 Å². The molecule has 0 heterocycles. The summed E-state index contributed by atoms with van der Waals surface area (Å²) in [5.74, 6) is 0. The molecule has 0 atom stereocenters. The fourth-order valence-corrected chi connectivity index (χ4v) is 0.734. The molecule has 0 aliphatic rings. The van der Waals surface area contributed by atoms with Crippen LogP contribution in [-0.2, 0) is 0 Å². The van der Waals surface area contributed by atoms with E-state index in [1.165, 1.54) is 11.1 Å². The Kier molecular flexibility index (Phi) is 3.66. The van der Waals surface area contributed by atoms with Crippen LogP contribution in [0.1, 0.15) is 20.8 Å². The van der Waals surface area contributed by atoms with E-state index >= 15 is 0 Å². The standard InChI is InChI=1S/C10H17N/c1-7(2)8(3)9(4)10(5)11-6/h11H,1,5H2,2-4,6H3/b9-8+. The van der Waals surface area contributed by atoms with E-state index in [9.17, 15) is 0 Å². The van der Waals surface area contributed by atoms with E-state index in [1.54, 1.807) is 0 Å². The van der Waals surface area contributed by atoms with Gasteiger partial charge in [0.25, 0.3) is 0 Å². The number of rotatable bonds is 3. The van der Waals surface area contributed by atoms with Crippen molar-refractivity contribution in [1.29, 1.82) is 0 Å². The summed E-state index contributed by atoms with van der Waals surface area (Å²) in [7, 11) is 1.87. The number of hydrogen-bond donors (Lipinski definition) is 1. The van der Waals surface area contributed by atoms with E-state index in [0.717, 1.165) is 11.3 Å². The second-order valence-electron chi connectivity index (χ2n) is 2.76. The van der Waals surface area contributed by atoms with Gasteiger partial charge in [-0.15, -0.1) is 0 Å². The lowest BCUT2D eigenvalue weighted by Crippen LogP contribution is -2.06. The highest BCUT2D eigenvalue weighted by Gasteiger charge is 1.99. The number of nitrogens with one attached hydrogen (secondary N) is 1. The van der Waals surface area contributed by atoms with Gasteiger partial charge in [0, 0.05) is 12.7 Å². The van der Waals surface area contributed by atoms with Crippen molar-refractivity contribution in [2.75, 3.05) is 7.05 Å². The summed E-state index contributed by atoms with van der Waals surface area (Å²) in [4.78, 5) is 0. The van der Waals surface area contributed by atoms with Gasteiger partial charge in [-0.05, 0) is 31.9 Å². The Morgan fingerprint density at radius 3 is 1.73 bits per heavy atom. The first-order valence-corrected chi connectivity index (χ1v) is 3.71. The SMILES string of the molecule is C=C(C)/C(C)=C(\C)C(=C)NC. The van der Waals surface area contributed by atoms with E-state index in [4.69, 9.17) is 0 Å². The molecular weight excluding hydrogens is 134 g/mol. The summed E-state index contributed by atoms with van der Waals surface area (Å²) in [5, 5.41) is 3.01. The molecule has 0 fully saturated rings. The highest BCUT2D eigenvalue weighted by molar-refractivity contribution is 5.38. The van der Waals surface area contributed by atoms with Crippen LogP contribution >= 0.6 is 0 Å². The molecule has 0 saturated carbocycles. The fraction of sp³-hybridized carbons (Fsp3) is 0.400. The molecule has 1 heteroatoms. The Hall–Kier alpha value is -0.980. The van der Waals surface area contributed by atoms with Crippen LogP contribution < -0.4 is 5.32 Å². The van der Waals surface area contributed by atoms with Gasteiger partial charge in [-0.3, -0.25) is 0 Å². The Morgan fingerprint density at radius 2 is 1.45 bits per heavy atom. The van der Waals surface area contributed by atoms with E-state index in [0.29, 0.717) is 0 Å². The second-order valence-corrected chi connectivity index (χ2v) is 2.76. The Bertz CT molecular complexity index is 209. The lowest BCUT2D eigenvalue weighted by molar-refractivity contribution is 0.994. The maximum atomic E-state index is 3.87. The van der Waals surface area contributed by atoms with Crippen molar-refractivity contribution in [3.63, 3.8) is 0 Å². The first-order chi connectivity index (χ1) is 5.00. The van der Waals surface area contributed by atoms with Crippen LogP contribution in [0.3, 0.4) is 0 Å². The van der Waals surface area contributed by atoms with Crippen LogP contribution in [0.2, 0.25) is 0 Å². The molecule has 0 radical (unpaired) electrons. The predicted octanol–water partition coefficient (Wildman–Crippen LogP) is 2.63. The van der Waals surface area contributed by atoms with Gasteiger partial charge < -0.3 is 5.32 Å². The molecule has 0 bridgehead atoms. The first kappa shape index (κ1) is 10.0. The predicted molar refractivity (Wildman–Crippen MR) is 51.4 cm³/mol. The number of allylic oxidation sites excluding steroid dienone is 3. The zero-order valence-corrected chi connectivity index (χ0v) is 7.91. The van der Waals surface area contributed by atoms with Crippen molar-refractivity contribution in [3.8, 4) is 0 Å². The molecule has 62 valence electrons. The average molecular weight is 151 g/mol. The van der Waals surface area contributed by atoms with Crippen LogP contribution in [0.4, 0.5) is 0 Å². The quantitative estimate of drug-likeness (QED) is 0.611. The lowest BCUT2D eigenvalue weighted by Gasteiger charge is -2.09. The average Bonchev–Trinajstić information content (AvgIpc) is 2.00. The Morgan fingerprint density at radius 1 is 1.00 bits per heavy atom. The minimum absolute atomic E-state index is 0.963. The summed E-state index contributed by atoms with van der Waals surface area (Å²) < 4.78 is 0. The van der Waals surface area contributed by atoms with Crippen molar-refractivity contribution >= 4 is 0 Å². The maximum absolute atomic E-state index is 3.87. The highest BCUT2D eigenvalue weighted by Crippen LogP contribution is 2.15. The third kappa shape index (κ3) is 2.62. The molecule has 0 unspecified atom stereocenters. The maximum Gasteiger partial charge on any atom is 0.0296 e. The molecule has 0 amide bonds. The van der Waals surface area contributed by atoms with Crippen molar-refractivity contribution < 1.29 is 0 Å². The van der Waals surface area contributed by atoms with E-state index < -0.39 is 0 Å². The Labute approximate surface area is 69.5 Å². The van der Waals surface area contributed by atoms with Gasteiger partial charge in [-0.1, -0.05) is 18.7 Å². The van der Waals surface area contributed by atoms with Crippen LogP contribution in [-0.4, -0.2) is 7.05 Å². The minimum atomic E-state index is 0.963. The van der Waals surface area contributed by atoms with E-state index in [1.807, 2.05) is 20.9 Å². The molecule has 0 aliphatic heterocycles. The van der Waals surface area contributed by atoms with Crippen molar-refractivity contribution in [3.05, 3.63) is 35.6 Å². The van der Waals surface area contributed by atoms with Gasteiger partial charge >= 0.3 is 0 Å². The topological polar surface area (TPSA) is 12.0 Å². The third-order valence-corrected chi connectivity index (χ3v) is 1.96. The summed E-state index contributed by atoms with van der Waals surface area (Å²) in [6.45, 7) is 13.8. The fourth-order valence-electron chi connectivity index (χ4n) is 0.734. The van der Waals surface area contributed by atoms with E-state index in [2.05, 4.69) is 25.4 Å². The van der Waals surface area contributed by atoms with Gasteiger partial charge in [0.2, 0.25) is 0 Å². The van der Waals surface area contributed by atoms with Crippen LogP contribution in [0.5, 0.6) is 0 Å². The smallest absolute Gasteiger partial charge is 0.0296 e. The summed E-state index contributed by atoms with van der Waals surface area (Å²) in [6.07, 6.45) is 0. The van der Waals surface area contributed by atoms with Crippen LogP contribution in [0.15, 0.2) is 35.6 Å². The summed E-state index contributed by atoms with van der Waals surface area (Å²) in [6, 6.07) is 0. The number of hydrogen-bond acceptors (Lipinski definition) is 1. The molecule has 0 aromatic heterocycles. The molecule has 0 saturated heterocycles. The molecule has 0 rings (SSSR count). The molecular formula is C10H17N. The largest absolute Gasteiger partial charge is 0.388 e. The van der Waals surface area contributed by atoms with Gasteiger partial charge in [-0.2, -0.15) is 0 Å². The summed E-state index contributed by atoms with van der Waals surface area (Å²) >= 11 is 0. The van der Waals surface area contributed by atoms with Crippen LogP contribution in [0.25, 0.3) is 0 Å². The third-order valence-electron chi connectivity index (χ3n) is 1.96. The summed E-state index contributed by atoms with van der Waals surface area (Å²) in [5.41, 5.74) is 4.45. The minimum Gasteiger partial charge on any atom is -0.388 e. The Balaban J connectivity index is 4.66. The lowest BCUT2D eigenvalue weighted by atomic mass is 10.0. The first-order valence-electron chi connectivity index (χ1n) is 3.71. The molecule has 1 nitrogen and oxygen atoms in total. The second kappa shape index (κ2) is 4.02. The zero-order chi connectivity index (χ0) is 9.02. The number of likely N-dealkylation sites (N-methyl/N-ethyl adjacent to an activating group) is 1. The molecule has 0 aromatic carbocycles. The monoisotopic (exact) mass is 151 g/mol. The van der Waals surface area contributed by atoms with E-state index in [-0.39, 0.29) is 0 Å². The molecule has 0 spiro atoms. The van der Waals surface area contributed by atoms with Crippen molar-refractivity contribution in [2.45, 2.75) is 20.8 Å². The van der Waals surface area contributed by atoms with Crippen molar-refractivity contribution in [2.24, 2.45) is 0 Å². The molecule has 0 aromatic rings. The van der Waals surface area contributed by atoms with Crippen LogP contribution in [0, 0.1) is 0 Å². The zero-order valence-electron chi connectivity index (χ0n) is 7.91. The van der Waals surface area contributed by atoms with Gasteiger partial charge in [0.05, 0.1) is 0 Å². The molecule has 0 aliphatic carbocycles. The molecule has 1 N–H and O–H groups in total. The van der Waals surface area contributed by atoms with Gasteiger partial charge in [-0.25, -0.2) is 0 Å². The van der Waals surface area contributed by atoms with Gasteiger partial charge in [0.1, 0.15) is 0 Å².